The predicted octanol–water partition coefficient (Wildman–Crippen LogP) is 0.719. The van der Waals surface area contributed by atoms with Crippen molar-refractivity contribution in [3.05, 3.63) is 24.3 Å². The molecule has 10 heteroatoms. The molecular formula is C17H29N3O5S2. The van der Waals surface area contributed by atoms with E-state index in [1.807, 2.05) is 13.8 Å². The van der Waals surface area contributed by atoms with Gasteiger partial charge in [0.2, 0.25) is 20.0 Å². The summed E-state index contributed by atoms with van der Waals surface area (Å²) in [4.78, 5) is 2.28. The lowest BCUT2D eigenvalue weighted by Crippen LogP contribution is -2.53. The molecular weight excluding hydrogens is 390 g/mol. The lowest BCUT2D eigenvalue weighted by atomic mass is 10.2. The molecule has 0 aromatic heterocycles. The second kappa shape index (κ2) is 9.33. The van der Waals surface area contributed by atoms with E-state index < -0.39 is 20.0 Å². The quantitative estimate of drug-likeness (QED) is 0.634. The Balaban J connectivity index is 1.87. The zero-order valence-electron chi connectivity index (χ0n) is 16.1. The van der Waals surface area contributed by atoms with Gasteiger partial charge in [-0.25, -0.2) is 21.6 Å². The van der Waals surface area contributed by atoms with E-state index in [-0.39, 0.29) is 17.5 Å². The number of hydrogen-bond donors (Lipinski definition) is 1. The third kappa shape index (κ3) is 6.42. The number of sulfonamides is 2. The van der Waals surface area contributed by atoms with Crippen LogP contribution in [0.25, 0.3) is 0 Å². The minimum Gasteiger partial charge on any atom is -0.494 e. The standard InChI is InChI=1S/C17H29N3O5S2/c1-4-13-25-16-5-7-17(8-6-16)27(23,24)18-14-15(2)19-9-11-20(12-10-19)26(3,21)22/h5-8,15,18H,4,9-14H2,1-3H3/t15-/m0/s1. The Morgan fingerprint density at radius 2 is 1.67 bits per heavy atom. The van der Waals surface area contributed by atoms with Crippen molar-refractivity contribution in [2.24, 2.45) is 0 Å². The first-order valence-corrected chi connectivity index (χ1v) is 12.4. The Hall–Kier alpha value is -1.20. The van der Waals surface area contributed by atoms with Crippen molar-refractivity contribution in [3.8, 4) is 5.75 Å². The molecule has 27 heavy (non-hydrogen) atoms. The van der Waals surface area contributed by atoms with Crippen molar-refractivity contribution in [1.82, 2.24) is 13.9 Å². The van der Waals surface area contributed by atoms with Gasteiger partial charge >= 0.3 is 0 Å². The Bertz CT molecular complexity index is 801. The van der Waals surface area contributed by atoms with E-state index in [2.05, 4.69) is 9.62 Å². The van der Waals surface area contributed by atoms with Crippen LogP contribution in [-0.2, 0) is 20.0 Å². The lowest BCUT2D eigenvalue weighted by molar-refractivity contribution is 0.147. The van der Waals surface area contributed by atoms with Crippen molar-refractivity contribution in [2.75, 3.05) is 45.6 Å². The summed E-state index contributed by atoms with van der Waals surface area (Å²) in [7, 11) is -6.78. The van der Waals surface area contributed by atoms with Crippen LogP contribution >= 0.6 is 0 Å². The first-order valence-electron chi connectivity index (χ1n) is 9.05. The Labute approximate surface area is 162 Å². The number of hydrogen-bond acceptors (Lipinski definition) is 6. The first kappa shape index (κ1) is 22.1. The molecule has 1 heterocycles. The van der Waals surface area contributed by atoms with Crippen LogP contribution in [0, 0.1) is 0 Å². The number of ether oxygens (including phenoxy) is 1. The van der Waals surface area contributed by atoms with Gasteiger partial charge in [0.25, 0.3) is 0 Å². The maximum absolute atomic E-state index is 12.5. The first-order chi connectivity index (χ1) is 12.6. The molecule has 1 aliphatic rings. The third-order valence-electron chi connectivity index (χ3n) is 4.54. The van der Waals surface area contributed by atoms with E-state index in [0.717, 1.165) is 6.42 Å². The lowest BCUT2D eigenvalue weighted by Gasteiger charge is -2.36. The summed E-state index contributed by atoms with van der Waals surface area (Å²) in [6.07, 6.45) is 2.09. The van der Waals surface area contributed by atoms with Crippen LogP contribution in [0.5, 0.6) is 5.75 Å². The highest BCUT2D eigenvalue weighted by Crippen LogP contribution is 2.16. The van der Waals surface area contributed by atoms with Crippen LogP contribution in [0.3, 0.4) is 0 Å². The molecule has 1 fully saturated rings. The number of rotatable bonds is 9. The molecule has 0 bridgehead atoms. The summed E-state index contributed by atoms with van der Waals surface area (Å²) in [5.41, 5.74) is 0. The van der Waals surface area contributed by atoms with Crippen LogP contribution in [0.2, 0.25) is 0 Å². The second-order valence-corrected chi connectivity index (χ2v) is 10.5. The molecule has 0 aliphatic carbocycles. The second-order valence-electron chi connectivity index (χ2n) is 6.72. The normalized spacial score (nSPS) is 18.3. The van der Waals surface area contributed by atoms with E-state index in [0.29, 0.717) is 38.5 Å². The summed E-state index contributed by atoms with van der Waals surface area (Å²) < 4.78 is 57.6. The number of benzene rings is 1. The fourth-order valence-corrected chi connectivity index (χ4v) is 4.80. The van der Waals surface area contributed by atoms with Gasteiger partial charge in [-0.15, -0.1) is 0 Å². The molecule has 0 spiro atoms. The van der Waals surface area contributed by atoms with Gasteiger partial charge in [0.1, 0.15) is 5.75 Å². The zero-order chi connectivity index (χ0) is 20.1. The predicted molar refractivity (Wildman–Crippen MR) is 105 cm³/mol. The SMILES string of the molecule is CCCOc1ccc(S(=O)(=O)NC[C@H](C)N2CCN(S(C)(=O)=O)CC2)cc1. The number of piperazine rings is 1. The maximum Gasteiger partial charge on any atom is 0.240 e. The topological polar surface area (TPSA) is 96.0 Å². The van der Waals surface area contributed by atoms with E-state index >= 15 is 0 Å². The number of nitrogens with one attached hydrogen (secondary N) is 1. The van der Waals surface area contributed by atoms with E-state index in [1.165, 1.54) is 22.7 Å². The molecule has 2 rings (SSSR count). The van der Waals surface area contributed by atoms with Gasteiger partial charge in [0.15, 0.2) is 0 Å². The smallest absolute Gasteiger partial charge is 0.240 e. The van der Waals surface area contributed by atoms with Crippen molar-refractivity contribution in [1.29, 1.82) is 0 Å². The molecule has 1 aromatic rings. The maximum atomic E-state index is 12.5. The molecule has 0 saturated carbocycles. The Kier molecular flexibility index (Phi) is 7.64. The minimum atomic E-state index is -3.60. The van der Waals surface area contributed by atoms with Crippen molar-refractivity contribution in [3.63, 3.8) is 0 Å². The Morgan fingerprint density at radius 1 is 1.07 bits per heavy atom. The van der Waals surface area contributed by atoms with Gasteiger partial charge in [0, 0.05) is 38.8 Å². The fourth-order valence-electron chi connectivity index (χ4n) is 2.85. The third-order valence-corrected chi connectivity index (χ3v) is 7.28. The van der Waals surface area contributed by atoms with Crippen molar-refractivity contribution >= 4 is 20.0 Å². The zero-order valence-corrected chi connectivity index (χ0v) is 17.7. The summed E-state index contributed by atoms with van der Waals surface area (Å²) >= 11 is 0. The molecule has 1 atom stereocenters. The van der Waals surface area contributed by atoms with Crippen molar-refractivity contribution < 1.29 is 21.6 Å². The summed E-state index contributed by atoms with van der Waals surface area (Å²) in [6.45, 7) is 6.80. The molecule has 1 aromatic carbocycles. The molecule has 154 valence electrons. The average molecular weight is 420 g/mol. The molecule has 1 saturated heterocycles. The highest BCUT2D eigenvalue weighted by molar-refractivity contribution is 7.89. The molecule has 8 nitrogen and oxygen atoms in total. The molecule has 0 unspecified atom stereocenters. The molecule has 0 radical (unpaired) electrons. The highest BCUT2D eigenvalue weighted by atomic mass is 32.2. The van der Waals surface area contributed by atoms with Crippen LogP contribution in [-0.4, -0.2) is 77.7 Å². The Morgan fingerprint density at radius 3 is 2.19 bits per heavy atom. The summed E-state index contributed by atoms with van der Waals surface area (Å²) in [6, 6.07) is 6.33. The summed E-state index contributed by atoms with van der Waals surface area (Å²) in [5, 5.41) is 0. The van der Waals surface area contributed by atoms with Crippen LogP contribution < -0.4 is 9.46 Å². The van der Waals surface area contributed by atoms with Gasteiger partial charge in [-0.1, -0.05) is 6.92 Å². The van der Waals surface area contributed by atoms with Gasteiger partial charge in [-0.2, -0.15) is 4.31 Å². The molecule has 0 amide bonds. The van der Waals surface area contributed by atoms with Gasteiger partial charge in [-0.3, -0.25) is 4.90 Å². The largest absolute Gasteiger partial charge is 0.494 e. The highest BCUT2D eigenvalue weighted by Gasteiger charge is 2.26. The van der Waals surface area contributed by atoms with E-state index in [1.54, 1.807) is 12.1 Å². The van der Waals surface area contributed by atoms with Gasteiger partial charge in [-0.05, 0) is 37.6 Å². The fraction of sp³-hybridized carbons (Fsp3) is 0.647. The van der Waals surface area contributed by atoms with E-state index in [4.69, 9.17) is 4.74 Å². The monoisotopic (exact) mass is 419 g/mol. The van der Waals surface area contributed by atoms with Crippen LogP contribution in [0.4, 0.5) is 0 Å². The molecule has 1 aliphatic heterocycles. The van der Waals surface area contributed by atoms with Gasteiger partial charge < -0.3 is 4.74 Å². The number of nitrogens with zero attached hydrogens (tertiary/aromatic N) is 2. The molecule has 1 N–H and O–H groups in total. The van der Waals surface area contributed by atoms with E-state index in [9.17, 15) is 16.8 Å². The van der Waals surface area contributed by atoms with Crippen LogP contribution in [0.1, 0.15) is 20.3 Å². The summed E-state index contributed by atoms with van der Waals surface area (Å²) in [5.74, 6) is 0.646. The minimum absolute atomic E-state index is 0.0337. The van der Waals surface area contributed by atoms with Crippen LogP contribution in [0.15, 0.2) is 29.2 Å². The van der Waals surface area contributed by atoms with Crippen molar-refractivity contribution in [2.45, 2.75) is 31.2 Å². The average Bonchev–Trinajstić information content (AvgIpc) is 2.64. The van der Waals surface area contributed by atoms with Gasteiger partial charge in [0.05, 0.1) is 17.8 Å².